The molecule has 0 bridgehead atoms. The third-order valence-corrected chi connectivity index (χ3v) is 2.64. The predicted octanol–water partition coefficient (Wildman–Crippen LogP) is 2.03. The molecule has 0 spiro atoms. The molecule has 5 heteroatoms. The second kappa shape index (κ2) is 5.44. The van der Waals surface area contributed by atoms with Gasteiger partial charge in [-0.15, -0.1) is 11.8 Å². The van der Waals surface area contributed by atoms with Crippen molar-refractivity contribution in [3.05, 3.63) is 12.4 Å². The maximum atomic E-state index is 4.19. The predicted molar refractivity (Wildman–Crippen MR) is 60.9 cm³/mol. The van der Waals surface area contributed by atoms with Crippen LogP contribution in [0.5, 0.6) is 0 Å². The Balaban J connectivity index is 2.75. The van der Waals surface area contributed by atoms with E-state index in [1.54, 1.807) is 18.1 Å². The lowest BCUT2D eigenvalue weighted by atomic mass is 10.5. The van der Waals surface area contributed by atoms with Crippen LogP contribution in [0.4, 0.5) is 5.82 Å². The highest BCUT2D eigenvalue weighted by Crippen LogP contribution is 2.15. The van der Waals surface area contributed by atoms with Gasteiger partial charge in [0.1, 0.15) is 17.2 Å². The number of aromatic nitrogens is 2. The summed E-state index contributed by atoms with van der Waals surface area (Å²) < 4.78 is 0. The van der Waals surface area contributed by atoms with Crippen molar-refractivity contribution in [3.8, 4) is 0 Å². The lowest BCUT2D eigenvalue weighted by molar-refractivity contribution is 0.919. The molecule has 1 aromatic heterocycles. The fourth-order valence-electron chi connectivity index (χ4n) is 0.892. The molecule has 0 radical (unpaired) electrons. The van der Waals surface area contributed by atoms with Gasteiger partial charge in [0, 0.05) is 25.0 Å². The van der Waals surface area contributed by atoms with Gasteiger partial charge in [-0.3, -0.25) is 0 Å². The highest BCUT2D eigenvalue weighted by atomic mass is 79.9. The van der Waals surface area contributed by atoms with Crippen LogP contribution in [0.25, 0.3) is 0 Å². The average molecular weight is 262 g/mol. The van der Waals surface area contributed by atoms with E-state index in [4.69, 9.17) is 0 Å². The summed E-state index contributed by atoms with van der Waals surface area (Å²) in [5.41, 5.74) is 0. The fourth-order valence-corrected chi connectivity index (χ4v) is 1.80. The van der Waals surface area contributed by atoms with Crippen molar-refractivity contribution in [1.82, 2.24) is 9.97 Å². The molecule has 1 rings (SSSR count). The van der Waals surface area contributed by atoms with E-state index in [2.05, 4.69) is 30.8 Å². The quantitative estimate of drug-likeness (QED) is 0.471. The SMILES string of the molecule is CSc1cc(N(C)CCBr)ncn1. The largest absolute Gasteiger partial charge is 0.359 e. The smallest absolute Gasteiger partial charge is 0.132 e. The lowest BCUT2D eigenvalue weighted by Gasteiger charge is -2.16. The number of hydrogen-bond donors (Lipinski definition) is 0. The van der Waals surface area contributed by atoms with Gasteiger partial charge in [-0.1, -0.05) is 15.9 Å². The topological polar surface area (TPSA) is 29.0 Å². The summed E-state index contributed by atoms with van der Waals surface area (Å²) in [4.78, 5) is 10.4. The summed E-state index contributed by atoms with van der Waals surface area (Å²) in [7, 11) is 2.02. The van der Waals surface area contributed by atoms with Crippen LogP contribution in [-0.4, -0.2) is 35.1 Å². The monoisotopic (exact) mass is 261 g/mol. The highest BCUT2D eigenvalue weighted by molar-refractivity contribution is 9.09. The molecule has 0 fully saturated rings. The van der Waals surface area contributed by atoms with E-state index >= 15 is 0 Å². The van der Waals surface area contributed by atoms with E-state index in [0.717, 1.165) is 22.7 Å². The lowest BCUT2D eigenvalue weighted by Crippen LogP contribution is -2.20. The second-order valence-corrected chi connectivity index (χ2v) is 4.15. The zero-order valence-electron chi connectivity index (χ0n) is 7.70. The molecular weight excluding hydrogens is 250 g/mol. The third-order valence-electron chi connectivity index (χ3n) is 1.65. The summed E-state index contributed by atoms with van der Waals surface area (Å²) in [6.45, 7) is 0.949. The zero-order chi connectivity index (χ0) is 9.68. The van der Waals surface area contributed by atoms with E-state index in [-0.39, 0.29) is 0 Å². The Kier molecular flexibility index (Phi) is 4.52. The molecule has 0 atom stereocenters. The second-order valence-electron chi connectivity index (χ2n) is 2.53. The van der Waals surface area contributed by atoms with E-state index in [1.165, 1.54) is 0 Å². The number of halogens is 1. The molecule has 0 aliphatic heterocycles. The van der Waals surface area contributed by atoms with Gasteiger partial charge in [0.25, 0.3) is 0 Å². The molecule has 0 unspecified atom stereocenters. The molecule has 0 amide bonds. The molecule has 72 valence electrons. The first-order chi connectivity index (χ1) is 6.27. The molecule has 0 aromatic carbocycles. The van der Waals surface area contributed by atoms with Crippen LogP contribution >= 0.6 is 27.7 Å². The van der Waals surface area contributed by atoms with Crippen LogP contribution in [0.15, 0.2) is 17.4 Å². The summed E-state index contributed by atoms with van der Waals surface area (Å²) in [6, 6.07) is 1.99. The number of nitrogens with zero attached hydrogens (tertiary/aromatic N) is 3. The van der Waals surface area contributed by atoms with Crippen LogP contribution in [0.3, 0.4) is 0 Å². The first kappa shape index (κ1) is 10.8. The summed E-state index contributed by atoms with van der Waals surface area (Å²) in [6.07, 6.45) is 3.61. The van der Waals surface area contributed by atoms with Gasteiger partial charge in [0.2, 0.25) is 0 Å². The molecular formula is C8H12BrN3S. The first-order valence-electron chi connectivity index (χ1n) is 3.91. The Morgan fingerprint density at radius 3 is 2.92 bits per heavy atom. The molecule has 0 aliphatic rings. The molecule has 1 aromatic rings. The molecule has 0 saturated carbocycles. The van der Waals surface area contributed by atoms with Crippen LogP contribution in [0.1, 0.15) is 0 Å². The van der Waals surface area contributed by atoms with Crippen molar-refractivity contribution < 1.29 is 0 Å². The van der Waals surface area contributed by atoms with E-state index in [1.807, 2.05) is 19.4 Å². The standard InChI is InChI=1S/C8H12BrN3S/c1-12(4-3-9)7-5-8(13-2)11-6-10-7/h5-6H,3-4H2,1-2H3. The summed E-state index contributed by atoms with van der Waals surface area (Å²) >= 11 is 5.02. The first-order valence-corrected chi connectivity index (χ1v) is 6.25. The number of alkyl halides is 1. The van der Waals surface area contributed by atoms with Crippen molar-refractivity contribution in [2.24, 2.45) is 0 Å². The maximum Gasteiger partial charge on any atom is 0.132 e. The number of hydrogen-bond acceptors (Lipinski definition) is 4. The van der Waals surface area contributed by atoms with Gasteiger partial charge in [0.15, 0.2) is 0 Å². The Labute approximate surface area is 91.1 Å². The third kappa shape index (κ3) is 3.15. The van der Waals surface area contributed by atoms with Gasteiger partial charge in [0.05, 0.1) is 0 Å². The average Bonchev–Trinajstić information content (AvgIpc) is 2.18. The molecule has 0 N–H and O–H groups in total. The van der Waals surface area contributed by atoms with Crippen LogP contribution in [0, 0.1) is 0 Å². The Hall–Kier alpha value is -0.290. The van der Waals surface area contributed by atoms with Gasteiger partial charge in [-0.25, -0.2) is 9.97 Å². The van der Waals surface area contributed by atoms with E-state index in [0.29, 0.717) is 0 Å². The van der Waals surface area contributed by atoms with Crippen LogP contribution in [0.2, 0.25) is 0 Å². The van der Waals surface area contributed by atoms with Crippen molar-refractivity contribution in [2.75, 3.05) is 30.1 Å². The minimum atomic E-state index is 0.947. The Bertz CT molecular complexity index is 269. The van der Waals surface area contributed by atoms with Gasteiger partial charge >= 0.3 is 0 Å². The summed E-state index contributed by atoms with van der Waals surface area (Å²) in [5.74, 6) is 0.971. The molecule has 13 heavy (non-hydrogen) atoms. The van der Waals surface area contributed by atoms with Crippen LogP contribution in [-0.2, 0) is 0 Å². The van der Waals surface area contributed by atoms with Crippen LogP contribution < -0.4 is 4.90 Å². The van der Waals surface area contributed by atoms with Crippen molar-refractivity contribution in [1.29, 1.82) is 0 Å². The van der Waals surface area contributed by atoms with Gasteiger partial charge < -0.3 is 4.90 Å². The molecule has 0 saturated heterocycles. The van der Waals surface area contributed by atoms with Gasteiger partial charge in [-0.2, -0.15) is 0 Å². The zero-order valence-corrected chi connectivity index (χ0v) is 10.1. The van der Waals surface area contributed by atoms with Gasteiger partial charge in [-0.05, 0) is 6.26 Å². The maximum absolute atomic E-state index is 4.19. The van der Waals surface area contributed by atoms with Crippen molar-refractivity contribution in [2.45, 2.75) is 5.03 Å². The Morgan fingerprint density at radius 1 is 1.54 bits per heavy atom. The summed E-state index contributed by atoms with van der Waals surface area (Å²) in [5, 5.41) is 1.95. The normalized spacial score (nSPS) is 10.1. The van der Waals surface area contributed by atoms with Crippen molar-refractivity contribution in [3.63, 3.8) is 0 Å². The van der Waals surface area contributed by atoms with E-state index in [9.17, 15) is 0 Å². The minimum Gasteiger partial charge on any atom is -0.359 e. The minimum absolute atomic E-state index is 0.947. The molecule has 0 aliphatic carbocycles. The molecule has 1 heterocycles. The number of rotatable bonds is 4. The van der Waals surface area contributed by atoms with E-state index < -0.39 is 0 Å². The number of anilines is 1. The molecule has 3 nitrogen and oxygen atoms in total. The Morgan fingerprint density at radius 2 is 2.31 bits per heavy atom. The number of thioether (sulfide) groups is 1. The van der Waals surface area contributed by atoms with Crippen molar-refractivity contribution >= 4 is 33.5 Å². The highest BCUT2D eigenvalue weighted by Gasteiger charge is 2.02. The fraction of sp³-hybridized carbons (Fsp3) is 0.500.